The Morgan fingerprint density at radius 1 is 1.07 bits per heavy atom. The molecule has 0 aliphatic carbocycles. The standard InChI is InChI=1S/C21H24ClN5.HI/c1-16-24-10-11-27(16)15-18-7-5-6-17(12-18)13-25-21(23-2)26-14-19-8-3-4-9-20(19)22;/h3-12H,13-15H2,1-2H3,(H2,23,25,26);1H. The molecule has 0 unspecified atom stereocenters. The van der Waals surface area contributed by atoms with Gasteiger partial charge in [0.1, 0.15) is 5.82 Å². The molecule has 7 heteroatoms. The molecule has 0 fully saturated rings. The van der Waals surface area contributed by atoms with Crippen LogP contribution in [0.3, 0.4) is 0 Å². The number of halogens is 2. The molecule has 1 heterocycles. The van der Waals surface area contributed by atoms with Gasteiger partial charge in [-0.2, -0.15) is 0 Å². The third-order valence-electron chi connectivity index (χ3n) is 4.36. The van der Waals surface area contributed by atoms with Gasteiger partial charge in [-0.15, -0.1) is 24.0 Å². The Morgan fingerprint density at radius 2 is 1.82 bits per heavy atom. The number of hydrogen-bond acceptors (Lipinski definition) is 2. The summed E-state index contributed by atoms with van der Waals surface area (Å²) in [5.74, 6) is 1.76. The molecule has 3 aromatic rings. The number of nitrogens with one attached hydrogen (secondary N) is 2. The quantitative estimate of drug-likeness (QED) is 0.295. The van der Waals surface area contributed by atoms with Gasteiger partial charge in [0.2, 0.25) is 0 Å². The summed E-state index contributed by atoms with van der Waals surface area (Å²) in [4.78, 5) is 8.56. The van der Waals surface area contributed by atoms with E-state index in [4.69, 9.17) is 11.6 Å². The molecule has 0 bridgehead atoms. The van der Waals surface area contributed by atoms with E-state index >= 15 is 0 Å². The second-order valence-electron chi connectivity index (χ2n) is 6.29. The summed E-state index contributed by atoms with van der Waals surface area (Å²) >= 11 is 6.20. The Balaban J connectivity index is 0.00000280. The van der Waals surface area contributed by atoms with Crippen molar-refractivity contribution in [1.29, 1.82) is 0 Å². The molecule has 0 saturated heterocycles. The van der Waals surface area contributed by atoms with Crippen molar-refractivity contribution in [2.45, 2.75) is 26.6 Å². The van der Waals surface area contributed by atoms with E-state index in [-0.39, 0.29) is 24.0 Å². The number of aryl methyl sites for hydroxylation is 1. The maximum atomic E-state index is 6.20. The summed E-state index contributed by atoms with van der Waals surface area (Å²) in [7, 11) is 1.76. The number of rotatable bonds is 6. The number of aromatic nitrogens is 2. The minimum Gasteiger partial charge on any atom is -0.352 e. The first-order valence-corrected chi connectivity index (χ1v) is 9.27. The van der Waals surface area contributed by atoms with Crippen molar-refractivity contribution < 1.29 is 0 Å². The van der Waals surface area contributed by atoms with Crippen LogP contribution in [0.25, 0.3) is 0 Å². The van der Waals surface area contributed by atoms with E-state index in [1.807, 2.05) is 43.6 Å². The molecule has 0 aliphatic heterocycles. The van der Waals surface area contributed by atoms with Crippen molar-refractivity contribution in [2.75, 3.05) is 7.05 Å². The lowest BCUT2D eigenvalue weighted by atomic mass is 10.1. The summed E-state index contributed by atoms with van der Waals surface area (Å²) < 4.78 is 2.14. The molecule has 0 aliphatic rings. The molecule has 2 N–H and O–H groups in total. The van der Waals surface area contributed by atoms with Gasteiger partial charge in [0.15, 0.2) is 5.96 Å². The third-order valence-corrected chi connectivity index (χ3v) is 4.72. The van der Waals surface area contributed by atoms with Crippen LogP contribution in [0.15, 0.2) is 65.9 Å². The highest BCUT2D eigenvalue weighted by molar-refractivity contribution is 14.0. The highest BCUT2D eigenvalue weighted by Crippen LogP contribution is 2.14. The molecule has 28 heavy (non-hydrogen) atoms. The van der Waals surface area contributed by atoms with Crippen molar-refractivity contribution >= 4 is 41.5 Å². The van der Waals surface area contributed by atoms with E-state index in [9.17, 15) is 0 Å². The first-order chi connectivity index (χ1) is 13.2. The fourth-order valence-electron chi connectivity index (χ4n) is 2.83. The first-order valence-electron chi connectivity index (χ1n) is 8.89. The number of nitrogens with zero attached hydrogens (tertiary/aromatic N) is 3. The second kappa shape index (κ2) is 11.1. The Labute approximate surface area is 188 Å². The Kier molecular flexibility index (Phi) is 8.79. The van der Waals surface area contributed by atoms with Gasteiger partial charge in [-0.1, -0.05) is 54.1 Å². The zero-order valence-electron chi connectivity index (χ0n) is 16.0. The number of guanidine groups is 1. The lowest BCUT2D eigenvalue weighted by Gasteiger charge is -2.13. The zero-order valence-corrected chi connectivity index (χ0v) is 19.1. The molecule has 0 spiro atoms. The molecule has 0 saturated carbocycles. The van der Waals surface area contributed by atoms with Crippen molar-refractivity contribution in [1.82, 2.24) is 20.2 Å². The summed E-state index contributed by atoms with van der Waals surface area (Å²) in [6.07, 6.45) is 3.83. The van der Waals surface area contributed by atoms with Gasteiger partial charge in [-0.3, -0.25) is 4.99 Å². The summed E-state index contributed by atoms with van der Waals surface area (Å²) in [5.41, 5.74) is 3.49. The van der Waals surface area contributed by atoms with E-state index in [2.05, 4.69) is 49.4 Å². The third kappa shape index (κ3) is 6.24. The average molecular weight is 510 g/mol. The van der Waals surface area contributed by atoms with Crippen LogP contribution >= 0.6 is 35.6 Å². The van der Waals surface area contributed by atoms with E-state index in [1.165, 1.54) is 11.1 Å². The van der Waals surface area contributed by atoms with Crippen LogP contribution in [0.1, 0.15) is 22.5 Å². The van der Waals surface area contributed by atoms with Gasteiger partial charge in [0.05, 0.1) is 0 Å². The average Bonchev–Trinajstić information content (AvgIpc) is 3.08. The number of aliphatic imine (C=N–C) groups is 1. The van der Waals surface area contributed by atoms with Crippen LogP contribution in [0.2, 0.25) is 5.02 Å². The van der Waals surface area contributed by atoms with Crippen LogP contribution in [0, 0.1) is 6.92 Å². The van der Waals surface area contributed by atoms with Crippen LogP contribution in [-0.2, 0) is 19.6 Å². The summed E-state index contributed by atoms with van der Waals surface area (Å²) in [5, 5.41) is 7.40. The van der Waals surface area contributed by atoms with Gasteiger partial charge >= 0.3 is 0 Å². The maximum Gasteiger partial charge on any atom is 0.191 e. The van der Waals surface area contributed by atoms with Gasteiger partial charge in [0.25, 0.3) is 0 Å². The lowest BCUT2D eigenvalue weighted by molar-refractivity contribution is 0.758. The van der Waals surface area contributed by atoms with Crippen molar-refractivity contribution in [3.8, 4) is 0 Å². The number of imidazole rings is 1. The highest BCUT2D eigenvalue weighted by Gasteiger charge is 2.03. The smallest absolute Gasteiger partial charge is 0.191 e. The predicted molar refractivity (Wildman–Crippen MR) is 126 cm³/mol. The molecule has 148 valence electrons. The molecule has 5 nitrogen and oxygen atoms in total. The number of benzene rings is 2. The first kappa shape index (κ1) is 22.2. The van der Waals surface area contributed by atoms with Gasteiger partial charge in [-0.05, 0) is 29.7 Å². The minimum absolute atomic E-state index is 0. The highest BCUT2D eigenvalue weighted by atomic mass is 127. The molecule has 0 atom stereocenters. The largest absolute Gasteiger partial charge is 0.352 e. The SMILES string of the molecule is CN=C(NCc1cccc(Cn2ccnc2C)c1)NCc1ccccc1Cl.I. The maximum absolute atomic E-state index is 6.20. The Hall–Kier alpha value is -2.06. The zero-order chi connectivity index (χ0) is 19.1. The lowest BCUT2D eigenvalue weighted by Crippen LogP contribution is -2.36. The summed E-state index contributed by atoms with van der Waals surface area (Å²) in [6.45, 7) is 4.15. The molecular weight excluding hydrogens is 485 g/mol. The minimum atomic E-state index is 0. The normalized spacial score (nSPS) is 11.0. The Bertz CT molecular complexity index is 922. The summed E-state index contributed by atoms with van der Waals surface area (Å²) in [6, 6.07) is 16.3. The number of hydrogen-bond donors (Lipinski definition) is 2. The Morgan fingerprint density at radius 3 is 2.54 bits per heavy atom. The van der Waals surface area contributed by atoms with E-state index in [1.54, 1.807) is 7.05 Å². The second-order valence-corrected chi connectivity index (χ2v) is 6.70. The van der Waals surface area contributed by atoms with Crippen LogP contribution in [-0.4, -0.2) is 22.6 Å². The van der Waals surface area contributed by atoms with Crippen molar-refractivity contribution in [2.24, 2.45) is 4.99 Å². The molecule has 3 rings (SSSR count). The molecular formula is C21H25ClIN5. The van der Waals surface area contributed by atoms with Gasteiger partial charge in [-0.25, -0.2) is 4.98 Å². The van der Waals surface area contributed by atoms with Crippen LogP contribution in [0.5, 0.6) is 0 Å². The molecule has 0 amide bonds. The molecule has 1 aromatic heterocycles. The van der Waals surface area contributed by atoms with E-state index < -0.39 is 0 Å². The topological polar surface area (TPSA) is 54.2 Å². The monoisotopic (exact) mass is 509 g/mol. The van der Waals surface area contributed by atoms with Crippen molar-refractivity contribution in [3.05, 3.63) is 88.5 Å². The molecule has 0 radical (unpaired) electrons. The van der Waals surface area contributed by atoms with Crippen LogP contribution in [0.4, 0.5) is 0 Å². The molecule has 2 aromatic carbocycles. The predicted octanol–water partition coefficient (Wildman–Crippen LogP) is 4.38. The van der Waals surface area contributed by atoms with Gasteiger partial charge in [0, 0.05) is 44.1 Å². The van der Waals surface area contributed by atoms with Gasteiger partial charge < -0.3 is 15.2 Å². The fourth-order valence-corrected chi connectivity index (χ4v) is 3.04. The van der Waals surface area contributed by atoms with E-state index in [0.29, 0.717) is 13.1 Å². The van der Waals surface area contributed by atoms with Crippen molar-refractivity contribution in [3.63, 3.8) is 0 Å². The van der Waals surface area contributed by atoms with E-state index in [0.717, 1.165) is 28.9 Å². The fraction of sp³-hybridized carbons (Fsp3) is 0.238. The van der Waals surface area contributed by atoms with Crippen LogP contribution < -0.4 is 10.6 Å².